The number of aromatic amines is 1. The number of aromatic nitrogens is 1. The van der Waals surface area contributed by atoms with Crippen LogP contribution in [0.2, 0.25) is 0 Å². The summed E-state index contributed by atoms with van der Waals surface area (Å²) >= 11 is 0. The summed E-state index contributed by atoms with van der Waals surface area (Å²) in [5.74, 6) is -0.338. The number of nitrogens with one attached hydrogen (secondary N) is 1. The van der Waals surface area contributed by atoms with Crippen molar-refractivity contribution < 1.29 is 14.3 Å². The first-order chi connectivity index (χ1) is 11.5. The van der Waals surface area contributed by atoms with Crippen molar-refractivity contribution >= 4 is 22.8 Å². The molecule has 0 bridgehead atoms. The average Bonchev–Trinajstić information content (AvgIpc) is 3.20. The molecule has 0 aliphatic carbocycles. The van der Waals surface area contributed by atoms with Crippen LogP contribution in [0.25, 0.3) is 10.9 Å². The van der Waals surface area contributed by atoms with Crippen molar-refractivity contribution in [3.05, 3.63) is 35.5 Å². The minimum atomic E-state index is -0.380. The number of fused-ring (bicyclic) bond motifs is 1. The first-order valence-electron chi connectivity index (χ1n) is 8.25. The summed E-state index contributed by atoms with van der Waals surface area (Å²) in [5, 5.41) is 0.840. The molecule has 6 heteroatoms. The lowest BCUT2D eigenvalue weighted by Crippen LogP contribution is -2.34. The normalized spacial score (nSPS) is 17.7. The third-order valence-corrected chi connectivity index (χ3v) is 4.54. The predicted molar refractivity (Wildman–Crippen MR) is 92.3 cm³/mol. The van der Waals surface area contributed by atoms with Crippen LogP contribution in [0.4, 0.5) is 0 Å². The van der Waals surface area contributed by atoms with Crippen molar-refractivity contribution in [3.63, 3.8) is 0 Å². The lowest BCUT2D eigenvalue weighted by Gasteiger charge is -2.20. The summed E-state index contributed by atoms with van der Waals surface area (Å²) in [6, 6.07) is 7.63. The van der Waals surface area contributed by atoms with E-state index in [1.807, 2.05) is 31.1 Å². The van der Waals surface area contributed by atoms with Crippen LogP contribution in [0.5, 0.6) is 0 Å². The van der Waals surface area contributed by atoms with Crippen molar-refractivity contribution in [1.82, 2.24) is 14.8 Å². The number of hydrogen-bond donors (Lipinski definition) is 1. The van der Waals surface area contributed by atoms with Gasteiger partial charge in [-0.1, -0.05) is 0 Å². The van der Waals surface area contributed by atoms with E-state index in [0.29, 0.717) is 23.9 Å². The summed E-state index contributed by atoms with van der Waals surface area (Å²) in [4.78, 5) is 31.6. The Balaban J connectivity index is 1.80. The van der Waals surface area contributed by atoms with Crippen LogP contribution in [0.1, 0.15) is 34.2 Å². The number of likely N-dealkylation sites (tertiary alicyclic amines) is 1. The largest absolute Gasteiger partial charge is 0.461 e. The Kier molecular flexibility index (Phi) is 4.57. The first-order valence-corrected chi connectivity index (χ1v) is 8.25. The first kappa shape index (κ1) is 16.5. The Morgan fingerprint density at radius 3 is 2.79 bits per heavy atom. The Bertz CT molecular complexity index is 766. The van der Waals surface area contributed by atoms with Gasteiger partial charge in [0.25, 0.3) is 5.91 Å². The minimum Gasteiger partial charge on any atom is -0.461 e. The zero-order valence-electron chi connectivity index (χ0n) is 14.3. The van der Waals surface area contributed by atoms with E-state index in [1.54, 1.807) is 19.1 Å². The molecule has 1 aromatic heterocycles. The standard InChI is InChI=1S/C18H23N3O3/c1-4-24-18(23)16-10-13-9-12(5-6-15(13)19-16)17(22)21-8-7-14(11-21)20(2)3/h5-6,9-10,14,19H,4,7-8,11H2,1-3H3. The zero-order valence-corrected chi connectivity index (χ0v) is 14.3. The molecule has 1 saturated heterocycles. The van der Waals surface area contributed by atoms with E-state index in [1.165, 1.54) is 0 Å². The predicted octanol–water partition coefficient (Wildman–Crippen LogP) is 2.12. The van der Waals surface area contributed by atoms with E-state index in [2.05, 4.69) is 9.88 Å². The molecule has 1 amide bonds. The van der Waals surface area contributed by atoms with Crippen molar-refractivity contribution in [1.29, 1.82) is 0 Å². The van der Waals surface area contributed by atoms with Crippen LogP contribution in [0.3, 0.4) is 0 Å². The summed E-state index contributed by atoms with van der Waals surface area (Å²) in [5.41, 5.74) is 1.88. The highest BCUT2D eigenvalue weighted by Gasteiger charge is 2.28. The van der Waals surface area contributed by atoms with Crippen molar-refractivity contribution in [2.75, 3.05) is 33.8 Å². The quantitative estimate of drug-likeness (QED) is 0.873. The maximum absolute atomic E-state index is 12.7. The van der Waals surface area contributed by atoms with Gasteiger partial charge in [-0.15, -0.1) is 0 Å². The van der Waals surface area contributed by atoms with Gasteiger partial charge in [0, 0.05) is 35.6 Å². The number of benzene rings is 1. The Hall–Kier alpha value is -2.34. The number of rotatable bonds is 4. The van der Waals surface area contributed by atoms with Gasteiger partial charge in [0.1, 0.15) is 5.69 Å². The molecule has 0 spiro atoms. The number of nitrogens with zero attached hydrogens (tertiary/aromatic N) is 2. The van der Waals surface area contributed by atoms with Gasteiger partial charge in [-0.2, -0.15) is 0 Å². The second-order valence-corrected chi connectivity index (χ2v) is 6.36. The van der Waals surface area contributed by atoms with E-state index in [0.717, 1.165) is 30.4 Å². The molecule has 1 atom stereocenters. The van der Waals surface area contributed by atoms with Crippen LogP contribution >= 0.6 is 0 Å². The summed E-state index contributed by atoms with van der Waals surface area (Å²) in [6.45, 7) is 3.64. The summed E-state index contributed by atoms with van der Waals surface area (Å²) < 4.78 is 5.00. The van der Waals surface area contributed by atoms with Gasteiger partial charge in [0.2, 0.25) is 0 Å². The molecule has 0 saturated carbocycles. The third kappa shape index (κ3) is 3.14. The molecule has 0 radical (unpaired) electrons. The van der Waals surface area contributed by atoms with E-state index in [9.17, 15) is 9.59 Å². The third-order valence-electron chi connectivity index (χ3n) is 4.54. The van der Waals surface area contributed by atoms with Gasteiger partial charge < -0.3 is 19.5 Å². The fourth-order valence-corrected chi connectivity index (χ4v) is 3.11. The number of amides is 1. The molecule has 24 heavy (non-hydrogen) atoms. The van der Waals surface area contributed by atoms with E-state index in [-0.39, 0.29) is 11.9 Å². The zero-order chi connectivity index (χ0) is 17.3. The monoisotopic (exact) mass is 329 g/mol. The fraction of sp³-hybridized carbons (Fsp3) is 0.444. The van der Waals surface area contributed by atoms with Gasteiger partial charge in [-0.3, -0.25) is 4.79 Å². The van der Waals surface area contributed by atoms with Gasteiger partial charge in [0.05, 0.1) is 6.61 Å². The van der Waals surface area contributed by atoms with E-state index in [4.69, 9.17) is 4.74 Å². The Morgan fingerprint density at radius 2 is 2.12 bits per heavy atom. The van der Waals surface area contributed by atoms with Gasteiger partial charge >= 0.3 is 5.97 Å². The molecular weight excluding hydrogens is 306 g/mol. The Labute approximate surface area is 141 Å². The van der Waals surface area contributed by atoms with Crippen LogP contribution < -0.4 is 0 Å². The maximum atomic E-state index is 12.7. The molecule has 6 nitrogen and oxygen atoms in total. The van der Waals surface area contributed by atoms with E-state index < -0.39 is 0 Å². The van der Waals surface area contributed by atoms with Gasteiger partial charge in [-0.25, -0.2) is 4.79 Å². The average molecular weight is 329 g/mol. The van der Waals surface area contributed by atoms with Crippen molar-refractivity contribution in [2.24, 2.45) is 0 Å². The summed E-state index contributed by atoms with van der Waals surface area (Å²) in [7, 11) is 4.09. The Morgan fingerprint density at radius 1 is 1.33 bits per heavy atom. The minimum absolute atomic E-state index is 0.0418. The lowest BCUT2D eigenvalue weighted by molar-refractivity contribution is 0.0520. The van der Waals surface area contributed by atoms with Gasteiger partial charge in [-0.05, 0) is 51.7 Å². The number of likely N-dealkylation sites (N-methyl/N-ethyl adjacent to an activating group) is 1. The number of carbonyl (C=O) groups is 2. The molecule has 1 N–H and O–H groups in total. The number of hydrogen-bond acceptors (Lipinski definition) is 4. The molecule has 1 aliphatic heterocycles. The number of H-pyrrole nitrogens is 1. The van der Waals surface area contributed by atoms with Crippen LogP contribution in [-0.4, -0.2) is 66.5 Å². The molecule has 1 unspecified atom stereocenters. The smallest absolute Gasteiger partial charge is 0.354 e. The topological polar surface area (TPSA) is 65.6 Å². The highest BCUT2D eigenvalue weighted by atomic mass is 16.5. The molecule has 128 valence electrons. The molecule has 2 heterocycles. The lowest BCUT2D eigenvalue weighted by atomic mass is 10.1. The highest BCUT2D eigenvalue weighted by molar-refractivity contribution is 6.00. The SMILES string of the molecule is CCOC(=O)c1cc2cc(C(=O)N3CCC(N(C)C)C3)ccc2[nH]1. The molecular formula is C18H23N3O3. The van der Waals surface area contributed by atoms with Crippen LogP contribution in [-0.2, 0) is 4.74 Å². The van der Waals surface area contributed by atoms with Gasteiger partial charge in [0.15, 0.2) is 0 Å². The summed E-state index contributed by atoms with van der Waals surface area (Å²) in [6.07, 6.45) is 0.998. The molecule has 1 fully saturated rings. The maximum Gasteiger partial charge on any atom is 0.354 e. The number of ether oxygens (including phenoxy) is 1. The number of esters is 1. The molecule has 1 aromatic carbocycles. The molecule has 1 aliphatic rings. The number of carbonyl (C=O) groups excluding carboxylic acids is 2. The molecule has 3 rings (SSSR count). The van der Waals surface area contributed by atoms with Crippen LogP contribution in [0, 0.1) is 0 Å². The second-order valence-electron chi connectivity index (χ2n) is 6.36. The van der Waals surface area contributed by atoms with Crippen molar-refractivity contribution in [2.45, 2.75) is 19.4 Å². The van der Waals surface area contributed by atoms with E-state index >= 15 is 0 Å². The fourth-order valence-electron chi connectivity index (χ4n) is 3.11. The molecule has 2 aromatic rings. The van der Waals surface area contributed by atoms with Crippen molar-refractivity contribution in [3.8, 4) is 0 Å². The second kappa shape index (κ2) is 6.65. The van der Waals surface area contributed by atoms with Crippen LogP contribution in [0.15, 0.2) is 24.3 Å². The highest BCUT2D eigenvalue weighted by Crippen LogP contribution is 2.21.